The molecule has 9 nitrogen and oxygen atoms in total. The van der Waals surface area contributed by atoms with E-state index < -0.39 is 5.97 Å². The maximum Gasteiger partial charge on any atom is 0.343 e. The zero-order valence-electron chi connectivity index (χ0n) is 20.4. The van der Waals surface area contributed by atoms with Gasteiger partial charge in [0.2, 0.25) is 11.8 Å². The van der Waals surface area contributed by atoms with Gasteiger partial charge in [-0.3, -0.25) is 14.4 Å². The largest absolute Gasteiger partial charge is 0.492 e. The molecular weight excluding hydrogens is 450 g/mol. The van der Waals surface area contributed by atoms with Crippen LogP contribution in [-0.4, -0.2) is 72.5 Å². The van der Waals surface area contributed by atoms with Crippen molar-refractivity contribution in [1.29, 1.82) is 0 Å². The maximum atomic E-state index is 13.0. The number of nitrogens with zero attached hydrogens (tertiary/aromatic N) is 3. The minimum absolute atomic E-state index is 0.0192. The topological polar surface area (TPSA) is 98.2 Å². The molecule has 35 heavy (non-hydrogen) atoms. The molecule has 3 heterocycles. The number of hydrogen-bond donors (Lipinski definition) is 0. The fraction of sp³-hybridized carbons (Fsp3) is 0.462. The van der Waals surface area contributed by atoms with E-state index in [1.165, 1.54) is 17.7 Å². The first-order chi connectivity index (χ1) is 16.8. The lowest BCUT2D eigenvalue weighted by atomic mass is 10.1. The van der Waals surface area contributed by atoms with E-state index in [4.69, 9.17) is 9.47 Å². The van der Waals surface area contributed by atoms with Gasteiger partial charge in [0, 0.05) is 63.7 Å². The van der Waals surface area contributed by atoms with Crippen LogP contribution in [0.5, 0.6) is 5.75 Å². The number of amides is 2. The second kappa shape index (κ2) is 10.3. The molecule has 0 spiro atoms. The smallest absolute Gasteiger partial charge is 0.343 e. The summed E-state index contributed by atoms with van der Waals surface area (Å²) in [7, 11) is 3.02. The molecule has 2 aromatic rings. The third-order valence-corrected chi connectivity index (χ3v) is 6.67. The van der Waals surface area contributed by atoms with E-state index in [0.29, 0.717) is 38.2 Å². The van der Waals surface area contributed by atoms with Crippen molar-refractivity contribution in [2.24, 2.45) is 5.92 Å². The summed E-state index contributed by atoms with van der Waals surface area (Å²) < 4.78 is 12.5. The summed E-state index contributed by atoms with van der Waals surface area (Å²) in [6, 6.07) is 9.14. The van der Waals surface area contributed by atoms with Crippen LogP contribution < -0.4 is 10.3 Å². The molecule has 186 valence electrons. The van der Waals surface area contributed by atoms with Crippen LogP contribution in [0.3, 0.4) is 0 Å². The molecule has 2 aliphatic heterocycles. The van der Waals surface area contributed by atoms with Gasteiger partial charge in [-0.1, -0.05) is 29.8 Å². The molecule has 0 N–H and O–H groups in total. The SMILES string of the molecule is COC(=O)c1c(OC[C@@H]2CC(=O)N(C)C2)cc(=O)n2c1CCN(C(=O)Cc1cccc(C)c1)CC2. The number of ether oxygens (including phenoxy) is 2. The highest BCUT2D eigenvalue weighted by molar-refractivity contribution is 5.93. The van der Waals surface area contributed by atoms with Gasteiger partial charge in [0.1, 0.15) is 11.3 Å². The lowest BCUT2D eigenvalue weighted by Crippen LogP contribution is -2.35. The molecule has 4 rings (SSSR count). The lowest BCUT2D eigenvalue weighted by molar-refractivity contribution is -0.130. The van der Waals surface area contributed by atoms with E-state index in [1.807, 2.05) is 31.2 Å². The normalized spacial score (nSPS) is 17.7. The third-order valence-electron chi connectivity index (χ3n) is 6.67. The summed E-state index contributed by atoms with van der Waals surface area (Å²) in [5, 5.41) is 0. The van der Waals surface area contributed by atoms with Gasteiger partial charge in [-0.2, -0.15) is 0 Å². The van der Waals surface area contributed by atoms with Crippen LogP contribution in [0.2, 0.25) is 0 Å². The Morgan fingerprint density at radius 1 is 1.11 bits per heavy atom. The molecule has 2 aliphatic rings. The Morgan fingerprint density at radius 3 is 2.60 bits per heavy atom. The Balaban J connectivity index is 1.55. The Hall–Kier alpha value is -3.62. The maximum absolute atomic E-state index is 13.0. The number of rotatable bonds is 6. The van der Waals surface area contributed by atoms with E-state index in [-0.39, 0.29) is 54.2 Å². The minimum Gasteiger partial charge on any atom is -0.492 e. The van der Waals surface area contributed by atoms with E-state index in [9.17, 15) is 19.2 Å². The van der Waals surface area contributed by atoms with E-state index in [2.05, 4.69) is 0 Å². The van der Waals surface area contributed by atoms with E-state index in [0.717, 1.165) is 11.1 Å². The van der Waals surface area contributed by atoms with Crippen LogP contribution in [0.4, 0.5) is 0 Å². The van der Waals surface area contributed by atoms with E-state index in [1.54, 1.807) is 16.8 Å². The van der Waals surface area contributed by atoms with Gasteiger partial charge in [-0.15, -0.1) is 0 Å². The van der Waals surface area contributed by atoms with Crippen molar-refractivity contribution in [3.05, 3.63) is 63.1 Å². The molecular formula is C26H31N3O6. The van der Waals surface area contributed by atoms with Gasteiger partial charge in [-0.05, 0) is 12.5 Å². The highest BCUT2D eigenvalue weighted by Gasteiger charge is 2.30. The number of methoxy groups -OCH3 is 1. The van der Waals surface area contributed by atoms with Crippen molar-refractivity contribution >= 4 is 17.8 Å². The highest BCUT2D eigenvalue weighted by atomic mass is 16.5. The zero-order chi connectivity index (χ0) is 25.1. The molecule has 9 heteroatoms. The van der Waals surface area contributed by atoms with Crippen molar-refractivity contribution < 1.29 is 23.9 Å². The number of carbonyl (C=O) groups is 3. The predicted octanol–water partition coefficient (Wildman–Crippen LogP) is 1.43. The molecule has 0 bridgehead atoms. The quantitative estimate of drug-likeness (QED) is 0.579. The number of pyridine rings is 1. The van der Waals surface area contributed by atoms with Gasteiger partial charge in [0.15, 0.2) is 0 Å². The zero-order valence-corrected chi connectivity index (χ0v) is 20.4. The number of aryl methyl sites for hydroxylation is 1. The predicted molar refractivity (Wildman–Crippen MR) is 128 cm³/mol. The van der Waals surface area contributed by atoms with Crippen LogP contribution in [-0.2, 0) is 33.7 Å². The molecule has 1 aromatic carbocycles. The molecule has 1 fully saturated rings. The van der Waals surface area contributed by atoms with Crippen molar-refractivity contribution in [1.82, 2.24) is 14.4 Å². The fourth-order valence-corrected chi connectivity index (χ4v) is 4.82. The van der Waals surface area contributed by atoms with Crippen molar-refractivity contribution in [3.8, 4) is 5.75 Å². The Kier molecular flexibility index (Phi) is 7.23. The van der Waals surface area contributed by atoms with Crippen molar-refractivity contribution in [2.75, 3.05) is 40.4 Å². The summed E-state index contributed by atoms with van der Waals surface area (Å²) in [5.41, 5.74) is 2.45. The first-order valence-corrected chi connectivity index (χ1v) is 11.8. The monoisotopic (exact) mass is 481 g/mol. The minimum atomic E-state index is -0.595. The Bertz CT molecular complexity index is 1200. The molecule has 1 saturated heterocycles. The van der Waals surface area contributed by atoms with Crippen LogP contribution in [0.15, 0.2) is 35.1 Å². The van der Waals surface area contributed by atoms with Crippen molar-refractivity contribution in [3.63, 3.8) is 0 Å². The van der Waals surface area contributed by atoms with Crippen LogP contribution >= 0.6 is 0 Å². The molecule has 0 aliphatic carbocycles. The number of carbonyl (C=O) groups excluding carboxylic acids is 3. The van der Waals surface area contributed by atoms with Gasteiger partial charge in [0.25, 0.3) is 5.56 Å². The Labute approximate surface area is 204 Å². The molecule has 0 radical (unpaired) electrons. The fourth-order valence-electron chi connectivity index (χ4n) is 4.82. The summed E-state index contributed by atoms with van der Waals surface area (Å²) in [6.45, 7) is 3.78. The first kappa shape index (κ1) is 24.5. The molecule has 1 aromatic heterocycles. The van der Waals surface area contributed by atoms with Crippen LogP contribution in [0.1, 0.15) is 33.6 Å². The molecule has 0 saturated carbocycles. The average molecular weight is 482 g/mol. The second-order valence-corrected chi connectivity index (χ2v) is 9.26. The number of aromatic nitrogens is 1. The van der Waals surface area contributed by atoms with Crippen LogP contribution in [0.25, 0.3) is 0 Å². The second-order valence-electron chi connectivity index (χ2n) is 9.26. The highest BCUT2D eigenvalue weighted by Crippen LogP contribution is 2.26. The third kappa shape index (κ3) is 5.39. The molecule has 1 atom stereocenters. The molecule has 2 amide bonds. The standard InChI is InChI=1S/C26H31N3O6/c1-17-5-4-6-18(11-17)12-23(31)28-8-7-20-25(26(33)34-3)21(14-24(32)29(20)10-9-28)35-16-19-13-22(30)27(2)15-19/h4-6,11,14,19H,7-10,12-13,15-16H2,1-3H3/t19-/m1/s1. The average Bonchev–Trinajstić information content (AvgIpc) is 3.01. The summed E-state index contributed by atoms with van der Waals surface area (Å²) in [5.74, 6) is -0.432. The van der Waals surface area contributed by atoms with Gasteiger partial charge in [0.05, 0.1) is 20.1 Å². The first-order valence-electron chi connectivity index (χ1n) is 11.8. The van der Waals surface area contributed by atoms with Gasteiger partial charge in [-0.25, -0.2) is 4.79 Å². The number of likely N-dealkylation sites (tertiary alicyclic amines) is 1. The van der Waals surface area contributed by atoms with Gasteiger partial charge < -0.3 is 23.8 Å². The number of esters is 1. The molecule has 0 unspecified atom stereocenters. The Morgan fingerprint density at radius 2 is 1.91 bits per heavy atom. The summed E-state index contributed by atoms with van der Waals surface area (Å²) in [6.07, 6.45) is 0.965. The van der Waals surface area contributed by atoms with Crippen molar-refractivity contribution in [2.45, 2.75) is 32.7 Å². The van der Waals surface area contributed by atoms with Gasteiger partial charge >= 0.3 is 5.97 Å². The summed E-state index contributed by atoms with van der Waals surface area (Å²) in [4.78, 5) is 53.9. The summed E-state index contributed by atoms with van der Waals surface area (Å²) >= 11 is 0. The lowest BCUT2D eigenvalue weighted by Gasteiger charge is -2.20. The number of hydrogen-bond acceptors (Lipinski definition) is 6. The number of fused-ring (bicyclic) bond motifs is 1. The van der Waals surface area contributed by atoms with E-state index >= 15 is 0 Å². The van der Waals surface area contributed by atoms with Crippen LogP contribution in [0, 0.1) is 12.8 Å². The number of benzene rings is 1.